The molecule has 0 bridgehead atoms. The van der Waals surface area contributed by atoms with E-state index in [4.69, 9.17) is 5.26 Å². The lowest BCUT2D eigenvalue weighted by atomic mass is 10.3. The van der Waals surface area contributed by atoms with E-state index in [9.17, 15) is 0 Å². The van der Waals surface area contributed by atoms with Gasteiger partial charge in [-0.05, 0) is 12.8 Å². The van der Waals surface area contributed by atoms with Crippen LogP contribution < -0.4 is 0 Å². The minimum atomic E-state index is 0.513. The van der Waals surface area contributed by atoms with E-state index in [2.05, 4.69) is 31.2 Å². The van der Waals surface area contributed by atoms with Gasteiger partial charge in [-0.2, -0.15) is 5.26 Å². The van der Waals surface area contributed by atoms with Crippen LogP contribution in [-0.4, -0.2) is 0 Å². The molecule has 0 aliphatic carbocycles. The summed E-state index contributed by atoms with van der Waals surface area (Å²) in [6, 6.07) is 2.06. The minimum absolute atomic E-state index is 0.513. The maximum absolute atomic E-state index is 8.24. The van der Waals surface area contributed by atoms with Crippen LogP contribution in [0.25, 0.3) is 0 Å². The zero-order chi connectivity index (χ0) is 9.78. The van der Waals surface area contributed by atoms with Gasteiger partial charge >= 0.3 is 0 Å². The van der Waals surface area contributed by atoms with Crippen LogP contribution in [0, 0.1) is 11.3 Å². The van der Waals surface area contributed by atoms with E-state index in [1.807, 2.05) is 18.2 Å². The molecule has 0 amide bonds. The lowest BCUT2D eigenvalue weighted by Crippen LogP contribution is -1.61. The molecule has 0 aromatic carbocycles. The summed E-state index contributed by atoms with van der Waals surface area (Å²) in [6.45, 7) is 2.17. The van der Waals surface area contributed by atoms with E-state index in [-0.39, 0.29) is 0 Å². The minimum Gasteiger partial charge on any atom is -0.198 e. The fraction of sp³-hybridized carbons (Fsp3) is 0.417. The lowest BCUT2D eigenvalue weighted by Gasteiger charge is -1.81. The number of allylic oxidation sites excluding steroid dienone is 6. The molecule has 0 heterocycles. The number of unbranched alkanes of at least 4 members (excludes halogenated alkanes) is 1. The summed E-state index contributed by atoms with van der Waals surface area (Å²) in [5, 5.41) is 8.24. The molecular formula is C12H17N. The van der Waals surface area contributed by atoms with Crippen molar-refractivity contribution >= 4 is 0 Å². The summed E-state index contributed by atoms with van der Waals surface area (Å²) < 4.78 is 0. The number of hydrogen-bond acceptors (Lipinski definition) is 1. The molecule has 0 aliphatic rings. The van der Waals surface area contributed by atoms with Crippen LogP contribution in [0.3, 0.4) is 0 Å². The first kappa shape index (κ1) is 11.7. The quantitative estimate of drug-likeness (QED) is 0.445. The van der Waals surface area contributed by atoms with Gasteiger partial charge in [-0.25, -0.2) is 0 Å². The zero-order valence-electron chi connectivity index (χ0n) is 8.24. The summed E-state index contributed by atoms with van der Waals surface area (Å²) in [6.07, 6.45) is 16.0. The normalized spacial score (nSPS) is 11.7. The Hall–Kier alpha value is -1.29. The highest BCUT2D eigenvalue weighted by Crippen LogP contribution is 1.91. The topological polar surface area (TPSA) is 23.8 Å². The van der Waals surface area contributed by atoms with Crippen molar-refractivity contribution in [1.29, 1.82) is 5.26 Å². The van der Waals surface area contributed by atoms with Crippen LogP contribution in [0.1, 0.15) is 32.6 Å². The molecule has 0 fully saturated rings. The fourth-order valence-electron chi connectivity index (χ4n) is 0.809. The van der Waals surface area contributed by atoms with Gasteiger partial charge in [0.25, 0.3) is 0 Å². The summed E-state index contributed by atoms with van der Waals surface area (Å²) in [5.41, 5.74) is 0. The number of nitrogens with zero attached hydrogens (tertiary/aromatic N) is 1. The van der Waals surface area contributed by atoms with Crippen LogP contribution in [0.2, 0.25) is 0 Å². The van der Waals surface area contributed by atoms with Gasteiger partial charge in [0.1, 0.15) is 0 Å². The van der Waals surface area contributed by atoms with Gasteiger partial charge < -0.3 is 0 Å². The van der Waals surface area contributed by atoms with Crippen LogP contribution in [-0.2, 0) is 0 Å². The molecule has 0 aliphatic heterocycles. The second-order valence-electron chi connectivity index (χ2n) is 2.71. The average molecular weight is 175 g/mol. The van der Waals surface area contributed by atoms with E-state index in [1.54, 1.807) is 0 Å². The van der Waals surface area contributed by atoms with Gasteiger partial charge in [-0.15, -0.1) is 0 Å². The summed E-state index contributed by atoms with van der Waals surface area (Å²) in [5.74, 6) is 0. The van der Waals surface area contributed by atoms with E-state index in [0.717, 1.165) is 12.8 Å². The van der Waals surface area contributed by atoms with Gasteiger partial charge in [0.15, 0.2) is 0 Å². The second kappa shape index (κ2) is 10.7. The number of nitriles is 1. The Morgan fingerprint density at radius 1 is 1.08 bits per heavy atom. The Labute approximate surface area is 81.1 Å². The van der Waals surface area contributed by atoms with E-state index >= 15 is 0 Å². The van der Waals surface area contributed by atoms with Crippen molar-refractivity contribution in [3.05, 3.63) is 36.5 Å². The molecule has 1 nitrogen and oxygen atoms in total. The Kier molecular flexibility index (Phi) is 9.65. The van der Waals surface area contributed by atoms with Crippen molar-refractivity contribution in [3.63, 3.8) is 0 Å². The van der Waals surface area contributed by atoms with Gasteiger partial charge in [-0.1, -0.05) is 49.8 Å². The Morgan fingerprint density at radius 2 is 1.85 bits per heavy atom. The highest BCUT2D eigenvalue weighted by molar-refractivity contribution is 5.05. The maximum atomic E-state index is 8.24. The van der Waals surface area contributed by atoms with Gasteiger partial charge in [-0.3, -0.25) is 0 Å². The van der Waals surface area contributed by atoms with Gasteiger partial charge in [0, 0.05) is 0 Å². The van der Waals surface area contributed by atoms with Crippen molar-refractivity contribution in [1.82, 2.24) is 0 Å². The molecule has 0 spiro atoms. The third-order valence-corrected chi connectivity index (χ3v) is 1.49. The SMILES string of the molecule is CCC/C=C/C=C/C/C=C/CC#N. The molecule has 0 radical (unpaired) electrons. The molecule has 0 aromatic heterocycles. The summed E-state index contributed by atoms with van der Waals surface area (Å²) >= 11 is 0. The molecule has 1 heteroatoms. The van der Waals surface area contributed by atoms with Crippen molar-refractivity contribution in [2.75, 3.05) is 0 Å². The standard InChI is InChI=1S/C12H17N/c1-2-3-4-5-6-7-8-9-10-11-12-13/h4-7,9-10H,2-3,8,11H2,1H3/b5-4+,7-6+,10-9+. The molecule has 0 saturated heterocycles. The summed E-state index contributed by atoms with van der Waals surface area (Å²) in [7, 11) is 0. The predicted octanol–water partition coefficient (Wildman–Crippen LogP) is 3.76. The number of rotatable bonds is 6. The monoisotopic (exact) mass is 175 g/mol. The Morgan fingerprint density at radius 3 is 2.54 bits per heavy atom. The molecule has 0 atom stereocenters. The molecule has 0 rings (SSSR count). The first-order valence-electron chi connectivity index (χ1n) is 4.75. The van der Waals surface area contributed by atoms with E-state index in [0.29, 0.717) is 6.42 Å². The molecule has 70 valence electrons. The van der Waals surface area contributed by atoms with Crippen LogP contribution in [0.15, 0.2) is 36.5 Å². The average Bonchev–Trinajstić information content (AvgIpc) is 2.16. The van der Waals surface area contributed by atoms with Crippen molar-refractivity contribution < 1.29 is 0 Å². The largest absolute Gasteiger partial charge is 0.198 e. The third-order valence-electron chi connectivity index (χ3n) is 1.49. The van der Waals surface area contributed by atoms with E-state index < -0.39 is 0 Å². The third kappa shape index (κ3) is 10.7. The molecule has 0 unspecified atom stereocenters. The van der Waals surface area contributed by atoms with E-state index in [1.165, 1.54) is 6.42 Å². The van der Waals surface area contributed by atoms with Crippen LogP contribution >= 0.6 is 0 Å². The second-order valence-corrected chi connectivity index (χ2v) is 2.71. The molecule has 0 saturated carbocycles. The number of hydrogen-bond donors (Lipinski definition) is 0. The van der Waals surface area contributed by atoms with Crippen LogP contribution in [0.5, 0.6) is 0 Å². The van der Waals surface area contributed by atoms with Crippen LogP contribution in [0.4, 0.5) is 0 Å². The zero-order valence-corrected chi connectivity index (χ0v) is 8.24. The Bertz CT molecular complexity index is 216. The van der Waals surface area contributed by atoms with Crippen molar-refractivity contribution in [2.45, 2.75) is 32.6 Å². The van der Waals surface area contributed by atoms with Gasteiger partial charge in [0.2, 0.25) is 0 Å². The molecule has 0 aromatic rings. The molecular weight excluding hydrogens is 158 g/mol. The maximum Gasteiger partial charge on any atom is 0.0663 e. The van der Waals surface area contributed by atoms with Gasteiger partial charge in [0.05, 0.1) is 12.5 Å². The molecule has 0 N–H and O–H groups in total. The lowest BCUT2D eigenvalue weighted by molar-refractivity contribution is 0.959. The van der Waals surface area contributed by atoms with Crippen molar-refractivity contribution in [2.24, 2.45) is 0 Å². The smallest absolute Gasteiger partial charge is 0.0663 e. The molecule has 13 heavy (non-hydrogen) atoms. The summed E-state index contributed by atoms with van der Waals surface area (Å²) in [4.78, 5) is 0. The highest BCUT2D eigenvalue weighted by atomic mass is 14.2. The first-order valence-corrected chi connectivity index (χ1v) is 4.75. The predicted molar refractivity (Wildman–Crippen MR) is 57.2 cm³/mol. The Balaban J connectivity index is 3.37. The van der Waals surface area contributed by atoms with Crippen molar-refractivity contribution in [3.8, 4) is 6.07 Å². The highest BCUT2D eigenvalue weighted by Gasteiger charge is 1.72. The fourth-order valence-corrected chi connectivity index (χ4v) is 0.809. The first-order chi connectivity index (χ1) is 6.41.